The third kappa shape index (κ3) is 3.92. The van der Waals surface area contributed by atoms with E-state index >= 15 is 0 Å². The SMILES string of the molecule is COCCN(CC(C)C)C(=O)c1ccc2nc(N)sc2c1. The van der Waals surface area contributed by atoms with Gasteiger partial charge in [0.05, 0.1) is 16.8 Å². The average molecular weight is 307 g/mol. The number of hydrogen-bond acceptors (Lipinski definition) is 5. The second-order valence-corrected chi connectivity index (χ2v) is 6.43. The minimum atomic E-state index is 0.0228. The molecule has 0 unspecified atom stereocenters. The van der Waals surface area contributed by atoms with E-state index in [-0.39, 0.29) is 5.91 Å². The molecule has 21 heavy (non-hydrogen) atoms. The molecule has 2 rings (SSSR count). The number of carbonyl (C=O) groups is 1. The molecule has 2 aromatic rings. The molecule has 1 aromatic carbocycles. The van der Waals surface area contributed by atoms with Crippen LogP contribution >= 0.6 is 11.3 Å². The van der Waals surface area contributed by atoms with E-state index in [2.05, 4.69) is 18.8 Å². The van der Waals surface area contributed by atoms with Crippen LogP contribution < -0.4 is 5.73 Å². The number of nitrogens with two attached hydrogens (primary N) is 1. The molecule has 0 aliphatic heterocycles. The van der Waals surface area contributed by atoms with Crippen molar-refractivity contribution in [2.75, 3.05) is 32.5 Å². The third-order valence-electron chi connectivity index (χ3n) is 3.09. The zero-order valence-electron chi connectivity index (χ0n) is 12.6. The summed E-state index contributed by atoms with van der Waals surface area (Å²) in [6.45, 7) is 6.04. The monoisotopic (exact) mass is 307 g/mol. The Kier molecular flexibility index (Phi) is 5.14. The van der Waals surface area contributed by atoms with E-state index in [9.17, 15) is 4.79 Å². The lowest BCUT2D eigenvalue weighted by molar-refractivity contribution is 0.0672. The van der Waals surface area contributed by atoms with Gasteiger partial charge in [0, 0.05) is 25.8 Å². The molecule has 0 radical (unpaired) electrons. The molecule has 0 saturated carbocycles. The molecule has 1 heterocycles. The fraction of sp³-hybridized carbons (Fsp3) is 0.467. The fourth-order valence-electron chi connectivity index (χ4n) is 2.18. The van der Waals surface area contributed by atoms with Crippen molar-refractivity contribution in [1.82, 2.24) is 9.88 Å². The van der Waals surface area contributed by atoms with Crippen LogP contribution in [-0.2, 0) is 4.74 Å². The van der Waals surface area contributed by atoms with Gasteiger partial charge < -0.3 is 15.4 Å². The Bertz CT molecular complexity index is 624. The summed E-state index contributed by atoms with van der Waals surface area (Å²) in [6, 6.07) is 5.52. The van der Waals surface area contributed by atoms with Crippen molar-refractivity contribution in [3.05, 3.63) is 23.8 Å². The summed E-state index contributed by atoms with van der Waals surface area (Å²) >= 11 is 1.40. The smallest absolute Gasteiger partial charge is 0.253 e. The van der Waals surface area contributed by atoms with E-state index in [4.69, 9.17) is 10.5 Å². The van der Waals surface area contributed by atoms with Crippen molar-refractivity contribution in [2.24, 2.45) is 5.92 Å². The van der Waals surface area contributed by atoms with Gasteiger partial charge in [-0.05, 0) is 24.1 Å². The molecule has 114 valence electrons. The number of rotatable bonds is 6. The molecule has 6 heteroatoms. The fourth-order valence-corrected chi connectivity index (χ4v) is 2.95. The van der Waals surface area contributed by atoms with Crippen LogP contribution in [0.15, 0.2) is 18.2 Å². The van der Waals surface area contributed by atoms with Gasteiger partial charge in [0.1, 0.15) is 0 Å². The molecule has 0 spiro atoms. The highest BCUT2D eigenvalue weighted by Crippen LogP contribution is 2.25. The Morgan fingerprint density at radius 2 is 2.24 bits per heavy atom. The van der Waals surface area contributed by atoms with E-state index in [0.717, 1.165) is 10.2 Å². The predicted molar refractivity (Wildman–Crippen MR) is 86.6 cm³/mol. The number of aromatic nitrogens is 1. The Morgan fingerprint density at radius 1 is 1.48 bits per heavy atom. The first-order valence-electron chi connectivity index (χ1n) is 6.95. The number of hydrogen-bond donors (Lipinski definition) is 1. The number of carbonyl (C=O) groups excluding carboxylic acids is 1. The van der Waals surface area contributed by atoms with Gasteiger partial charge in [-0.25, -0.2) is 4.98 Å². The second-order valence-electron chi connectivity index (χ2n) is 5.37. The first-order valence-corrected chi connectivity index (χ1v) is 7.77. The summed E-state index contributed by atoms with van der Waals surface area (Å²) in [7, 11) is 1.64. The zero-order chi connectivity index (χ0) is 15.4. The standard InChI is InChI=1S/C15H21N3O2S/c1-10(2)9-18(6-7-20-3)14(19)11-4-5-12-13(8-11)21-15(16)17-12/h4-5,8,10H,6-7,9H2,1-3H3,(H2,16,17). The van der Waals surface area contributed by atoms with Crippen molar-refractivity contribution in [2.45, 2.75) is 13.8 Å². The van der Waals surface area contributed by atoms with Crippen molar-refractivity contribution >= 4 is 32.6 Å². The minimum Gasteiger partial charge on any atom is -0.383 e. The minimum absolute atomic E-state index is 0.0228. The number of nitrogen functional groups attached to an aromatic ring is 1. The normalized spacial score (nSPS) is 11.2. The van der Waals surface area contributed by atoms with E-state index < -0.39 is 0 Å². The highest BCUT2D eigenvalue weighted by Gasteiger charge is 2.17. The number of fused-ring (bicyclic) bond motifs is 1. The highest BCUT2D eigenvalue weighted by molar-refractivity contribution is 7.22. The molecular weight excluding hydrogens is 286 g/mol. The molecule has 1 amide bonds. The first-order chi connectivity index (χ1) is 10.0. The van der Waals surface area contributed by atoms with E-state index in [1.165, 1.54) is 11.3 Å². The molecule has 0 saturated heterocycles. The van der Waals surface area contributed by atoms with Crippen LogP contribution in [0, 0.1) is 5.92 Å². The van der Waals surface area contributed by atoms with Gasteiger partial charge in [0.25, 0.3) is 5.91 Å². The summed E-state index contributed by atoms with van der Waals surface area (Å²) < 4.78 is 6.03. The molecule has 0 aliphatic rings. The van der Waals surface area contributed by atoms with Crippen LogP contribution in [-0.4, -0.2) is 42.6 Å². The molecular formula is C15H21N3O2S. The van der Waals surface area contributed by atoms with Crippen LogP contribution in [0.25, 0.3) is 10.2 Å². The van der Waals surface area contributed by atoms with E-state index in [1.54, 1.807) is 7.11 Å². The number of ether oxygens (including phenoxy) is 1. The van der Waals surface area contributed by atoms with E-state index in [0.29, 0.717) is 36.3 Å². The van der Waals surface area contributed by atoms with Crippen LogP contribution in [0.4, 0.5) is 5.13 Å². The van der Waals surface area contributed by atoms with Gasteiger partial charge in [-0.3, -0.25) is 4.79 Å². The van der Waals surface area contributed by atoms with Gasteiger partial charge in [-0.1, -0.05) is 25.2 Å². The van der Waals surface area contributed by atoms with Crippen LogP contribution in [0.5, 0.6) is 0 Å². The van der Waals surface area contributed by atoms with Gasteiger partial charge in [0.15, 0.2) is 5.13 Å². The number of nitrogens with zero attached hydrogens (tertiary/aromatic N) is 2. The first kappa shape index (κ1) is 15.7. The van der Waals surface area contributed by atoms with Crippen LogP contribution in [0.2, 0.25) is 0 Å². The largest absolute Gasteiger partial charge is 0.383 e. The van der Waals surface area contributed by atoms with Crippen molar-refractivity contribution in [1.29, 1.82) is 0 Å². The Labute approximate surface area is 128 Å². The van der Waals surface area contributed by atoms with Gasteiger partial charge in [-0.2, -0.15) is 0 Å². The molecule has 5 nitrogen and oxygen atoms in total. The van der Waals surface area contributed by atoms with Crippen molar-refractivity contribution in [3.8, 4) is 0 Å². The zero-order valence-corrected chi connectivity index (χ0v) is 13.4. The lowest BCUT2D eigenvalue weighted by Crippen LogP contribution is -2.36. The molecule has 0 atom stereocenters. The second kappa shape index (κ2) is 6.87. The number of benzene rings is 1. The molecule has 1 aromatic heterocycles. The highest BCUT2D eigenvalue weighted by atomic mass is 32.1. The Balaban J connectivity index is 2.23. The summed E-state index contributed by atoms with van der Waals surface area (Å²) in [5.74, 6) is 0.434. The summed E-state index contributed by atoms with van der Waals surface area (Å²) in [4.78, 5) is 18.7. The maximum Gasteiger partial charge on any atom is 0.253 e. The summed E-state index contributed by atoms with van der Waals surface area (Å²) in [6.07, 6.45) is 0. The summed E-state index contributed by atoms with van der Waals surface area (Å²) in [5, 5.41) is 0.521. The molecule has 0 fully saturated rings. The number of anilines is 1. The van der Waals surface area contributed by atoms with Crippen LogP contribution in [0.3, 0.4) is 0 Å². The van der Waals surface area contributed by atoms with Crippen molar-refractivity contribution < 1.29 is 9.53 Å². The lowest BCUT2D eigenvalue weighted by Gasteiger charge is -2.24. The topological polar surface area (TPSA) is 68.5 Å². The number of amides is 1. The maximum absolute atomic E-state index is 12.7. The van der Waals surface area contributed by atoms with E-state index in [1.807, 2.05) is 23.1 Å². The number of methoxy groups -OCH3 is 1. The molecule has 0 bridgehead atoms. The molecule has 0 aliphatic carbocycles. The summed E-state index contributed by atoms with van der Waals surface area (Å²) in [5.41, 5.74) is 7.21. The molecule has 2 N–H and O–H groups in total. The van der Waals surface area contributed by atoms with Gasteiger partial charge in [0.2, 0.25) is 0 Å². The Morgan fingerprint density at radius 3 is 2.90 bits per heavy atom. The maximum atomic E-state index is 12.7. The van der Waals surface area contributed by atoms with Gasteiger partial charge in [-0.15, -0.1) is 0 Å². The van der Waals surface area contributed by atoms with Crippen molar-refractivity contribution in [3.63, 3.8) is 0 Å². The predicted octanol–water partition coefficient (Wildman–Crippen LogP) is 2.62. The average Bonchev–Trinajstić information content (AvgIpc) is 2.81. The number of thiazole rings is 1. The van der Waals surface area contributed by atoms with Crippen LogP contribution in [0.1, 0.15) is 24.2 Å². The third-order valence-corrected chi connectivity index (χ3v) is 3.94. The lowest BCUT2D eigenvalue weighted by atomic mass is 10.1. The quantitative estimate of drug-likeness (QED) is 0.890. The Hall–Kier alpha value is -1.66. The van der Waals surface area contributed by atoms with Gasteiger partial charge >= 0.3 is 0 Å².